The third kappa shape index (κ3) is 7.03. The molecule has 148 valence electrons. The van der Waals surface area contributed by atoms with Gasteiger partial charge in [0.05, 0.1) is 6.54 Å². The molecular weight excluding hydrogens is 535 g/mol. The van der Waals surface area contributed by atoms with Crippen molar-refractivity contribution in [3.8, 4) is 0 Å². The Balaban J connectivity index is 0.00000261. The Morgan fingerprint density at radius 2 is 2.11 bits per heavy atom. The lowest BCUT2D eigenvalue weighted by molar-refractivity contribution is 0.134. The molecule has 0 radical (unpaired) electrons. The first kappa shape index (κ1) is 22.6. The molecule has 27 heavy (non-hydrogen) atoms. The zero-order valence-electron chi connectivity index (χ0n) is 15.8. The van der Waals surface area contributed by atoms with Gasteiger partial charge in [0.15, 0.2) is 5.96 Å². The number of rotatable bonds is 5. The molecule has 1 aromatic carbocycles. The van der Waals surface area contributed by atoms with Gasteiger partial charge in [-0.2, -0.15) is 0 Å². The fraction of sp³-hybridized carbons (Fsp3) is 0.450. The third-order valence-electron chi connectivity index (χ3n) is 4.86. The number of halogens is 2. The van der Waals surface area contributed by atoms with E-state index >= 15 is 0 Å². The average molecular weight is 563 g/mol. The summed E-state index contributed by atoms with van der Waals surface area (Å²) in [6.07, 6.45) is 2.28. The lowest BCUT2D eigenvalue weighted by Crippen LogP contribution is -2.51. The van der Waals surface area contributed by atoms with Crippen LogP contribution in [0.15, 0.2) is 51.2 Å². The molecule has 1 aromatic heterocycles. The van der Waals surface area contributed by atoms with Gasteiger partial charge in [-0.1, -0.05) is 30.3 Å². The molecule has 1 fully saturated rings. The summed E-state index contributed by atoms with van der Waals surface area (Å²) in [5.41, 5.74) is 1.39. The molecule has 2 heterocycles. The van der Waals surface area contributed by atoms with E-state index in [0.29, 0.717) is 12.1 Å². The Hall–Kier alpha value is -0.640. The minimum Gasteiger partial charge on any atom is -0.354 e. The Labute approximate surface area is 192 Å². The number of nitrogens with zero attached hydrogens (tertiary/aromatic N) is 2. The van der Waals surface area contributed by atoms with Gasteiger partial charge < -0.3 is 10.6 Å². The highest BCUT2D eigenvalue weighted by molar-refractivity contribution is 14.0. The van der Waals surface area contributed by atoms with E-state index < -0.39 is 0 Å². The number of guanidine groups is 1. The monoisotopic (exact) mass is 562 g/mol. The maximum absolute atomic E-state index is 4.39. The van der Waals surface area contributed by atoms with E-state index in [1.165, 1.54) is 10.4 Å². The number of hydrogen-bond acceptors (Lipinski definition) is 3. The highest BCUT2D eigenvalue weighted by atomic mass is 127. The van der Waals surface area contributed by atoms with Crippen molar-refractivity contribution in [1.29, 1.82) is 0 Å². The Morgan fingerprint density at radius 1 is 1.33 bits per heavy atom. The summed E-state index contributed by atoms with van der Waals surface area (Å²) >= 11 is 5.25. The van der Waals surface area contributed by atoms with Crippen molar-refractivity contribution in [1.82, 2.24) is 15.5 Å². The van der Waals surface area contributed by atoms with Crippen LogP contribution in [-0.2, 0) is 13.1 Å². The summed E-state index contributed by atoms with van der Waals surface area (Å²) in [6.45, 7) is 5.28. The first-order chi connectivity index (χ1) is 12.6. The van der Waals surface area contributed by atoms with Gasteiger partial charge in [-0.25, -0.2) is 0 Å². The molecule has 4 nitrogen and oxygen atoms in total. The van der Waals surface area contributed by atoms with E-state index in [1.54, 1.807) is 11.3 Å². The van der Waals surface area contributed by atoms with E-state index in [0.717, 1.165) is 42.9 Å². The second-order valence-electron chi connectivity index (χ2n) is 6.83. The maximum Gasteiger partial charge on any atom is 0.191 e. The molecule has 0 bridgehead atoms. The van der Waals surface area contributed by atoms with Crippen LogP contribution in [0.2, 0.25) is 0 Å². The molecule has 2 atom stereocenters. The average Bonchev–Trinajstić information content (AvgIpc) is 3.07. The third-order valence-corrected chi connectivity index (χ3v) is 6.56. The fourth-order valence-electron chi connectivity index (χ4n) is 3.41. The topological polar surface area (TPSA) is 39.7 Å². The number of hydrogen-bond donors (Lipinski definition) is 2. The quantitative estimate of drug-likeness (QED) is 0.311. The van der Waals surface area contributed by atoms with Gasteiger partial charge >= 0.3 is 0 Å². The Kier molecular flexibility index (Phi) is 9.55. The van der Waals surface area contributed by atoms with Crippen LogP contribution in [0.25, 0.3) is 0 Å². The molecule has 7 heteroatoms. The van der Waals surface area contributed by atoms with Gasteiger partial charge in [-0.15, -0.1) is 35.3 Å². The molecule has 2 N–H and O–H groups in total. The fourth-order valence-corrected chi connectivity index (χ4v) is 4.80. The molecule has 1 aliphatic heterocycles. The summed E-state index contributed by atoms with van der Waals surface area (Å²) < 4.78 is 1.14. The maximum atomic E-state index is 4.39. The molecule has 2 unspecified atom stereocenters. The second kappa shape index (κ2) is 11.4. The van der Waals surface area contributed by atoms with Crippen LogP contribution in [0.3, 0.4) is 0 Å². The van der Waals surface area contributed by atoms with E-state index in [1.807, 2.05) is 7.05 Å². The van der Waals surface area contributed by atoms with Gasteiger partial charge in [0.25, 0.3) is 0 Å². The lowest BCUT2D eigenvalue weighted by Gasteiger charge is -2.38. The number of aliphatic imine (C=N–C) groups is 1. The van der Waals surface area contributed by atoms with Crippen LogP contribution in [0.4, 0.5) is 0 Å². The molecule has 1 saturated heterocycles. The van der Waals surface area contributed by atoms with E-state index in [2.05, 4.69) is 85.2 Å². The lowest BCUT2D eigenvalue weighted by atomic mass is 9.97. The van der Waals surface area contributed by atoms with Crippen LogP contribution in [0.1, 0.15) is 30.2 Å². The van der Waals surface area contributed by atoms with Crippen molar-refractivity contribution in [2.75, 3.05) is 13.6 Å². The largest absolute Gasteiger partial charge is 0.354 e. The molecule has 2 aromatic rings. The summed E-state index contributed by atoms with van der Waals surface area (Å²) in [7, 11) is 1.84. The van der Waals surface area contributed by atoms with Crippen LogP contribution in [0, 0.1) is 0 Å². The van der Waals surface area contributed by atoms with Crippen LogP contribution in [0.5, 0.6) is 0 Å². The molecular formula is C20H28BrIN4S. The molecule has 0 amide bonds. The van der Waals surface area contributed by atoms with Gasteiger partial charge in [0.1, 0.15) is 0 Å². The zero-order chi connectivity index (χ0) is 18.4. The van der Waals surface area contributed by atoms with E-state index in [4.69, 9.17) is 0 Å². The summed E-state index contributed by atoms with van der Waals surface area (Å²) in [4.78, 5) is 8.26. The summed E-state index contributed by atoms with van der Waals surface area (Å²) in [5, 5.41) is 9.14. The Bertz CT molecular complexity index is 722. The van der Waals surface area contributed by atoms with Crippen LogP contribution >= 0.6 is 51.2 Å². The zero-order valence-corrected chi connectivity index (χ0v) is 20.6. The predicted octanol–water partition coefficient (Wildman–Crippen LogP) is 4.85. The number of likely N-dealkylation sites (tertiary alicyclic amines) is 1. The SMILES string of the molecule is CN=C(NCc1cc(Br)cs1)NC1CCN(Cc2ccccc2)C(C)C1.I. The van der Waals surface area contributed by atoms with Gasteiger partial charge in [0.2, 0.25) is 0 Å². The van der Waals surface area contributed by atoms with Crippen molar-refractivity contribution >= 4 is 57.2 Å². The van der Waals surface area contributed by atoms with E-state index in [9.17, 15) is 0 Å². The number of nitrogens with one attached hydrogen (secondary N) is 2. The number of benzene rings is 1. The molecule has 0 aliphatic carbocycles. The minimum absolute atomic E-state index is 0. The highest BCUT2D eigenvalue weighted by Crippen LogP contribution is 2.21. The second-order valence-corrected chi connectivity index (χ2v) is 8.74. The van der Waals surface area contributed by atoms with Gasteiger partial charge in [0, 0.05) is 47.0 Å². The first-order valence-corrected chi connectivity index (χ1v) is 10.8. The minimum atomic E-state index is 0. The van der Waals surface area contributed by atoms with Crippen LogP contribution < -0.4 is 10.6 Å². The van der Waals surface area contributed by atoms with Crippen molar-refractivity contribution in [2.45, 2.75) is 44.9 Å². The molecule has 0 spiro atoms. The van der Waals surface area contributed by atoms with Crippen molar-refractivity contribution in [3.05, 3.63) is 56.7 Å². The number of thiophene rings is 1. The molecule has 3 rings (SSSR count). The standard InChI is InChI=1S/C20H27BrN4S.HI/c1-15-10-18(8-9-25(15)13-16-6-4-3-5-7-16)24-20(22-2)23-12-19-11-17(21)14-26-19;/h3-7,11,14-15,18H,8-10,12-13H2,1-2H3,(H2,22,23,24);1H. The first-order valence-electron chi connectivity index (χ1n) is 9.12. The van der Waals surface area contributed by atoms with Crippen LogP contribution in [-0.4, -0.2) is 36.5 Å². The molecule has 0 saturated carbocycles. The normalized spacial score (nSPS) is 20.8. The summed E-state index contributed by atoms with van der Waals surface area (Å²) in [5.74, 6) is 0.892. The van der Waals surface area contributed by atoms with Crippen molar-refractivity contribution in [3.63, 3.8) is 0 Å². The molecule has 1 aliphatic rings. The predicted molar refractivity (Wildman–Crippen MR) is 130 cm³/mol. The van der Waals surface area contributed by atoms with Crippen molar-refractivity contribution < 1.29 is 0 Å². The smallest absolute Gasteiger partial charge is 0.191 e. The number of piperidine rings is 1. The van der Waals surface area contributed by atoms with E-state index in [-0.39, 0.29) is 24.0 Å². The Morgan fingerprint density at radius 3 is 2.74 bits per heavy atom. The van der Waals surface area contributed by atoms with Crippen molar-refractivity contribution in [2.24, 2.45) is 4.99 Å². The summed E-state index contributed by atoms with van der Waals surface area (Å²) in [6, 6.07) is 13.9. The van der Waals surface area contributed by atoms with Gasteiger partial charge in [-0.3, -0.25) is 9.89 Å². The van der Waals surface area contributed by atoms with Gasteiger partial charge in [-0.05, 0) is 47.3 Å². The highest BCUT2D eigenvalue weighted by Gasteiger charge is 2.25.